The van der Waals surface area contributed by atoms with E-state index in [9.17, 15) is 4.79 Å². The van der Waals surface area contributed by atoms with Gasteiger partial charge in [0.1, 0.15) is 11.3 Å². The highest BCUT2D eigenvalue weighted by Gasteiger charge is 2.14. The summed E-state index contributed by atoms with van der Waals surface area (Å²) in [5.74, 6) is 0.450. The number of nitrogens with one attached hydrogen (secondary N) is 1. The van der Waals surface area contributed by atoms with Gasteiger partial charge in [0, 0.05) is 20.0 Å². The number of fused-ring (bicyclic) bond motifs is 1. The Morgan fingerprint density at radius 3 is 2.76 bits per heavy atom. The molecular weight excluding hydrogens is 220 g/mol. The number of hydrogen-bond acceptors (Lipinski definition) is 4. The molecule has 17 heavy (non-hydrogen) atoms. The molecule has 2 N–H and O–H groups in total. The van der Waals surface area contributed by atoms with Crippen molar-refractivity contribution in [2.24, 2.45) is 0 Å². The van der Waals surface area contributed by atoms with E-state index in [4.69, 9.17) is 5.11 Å². The number of benzene rings is 1. The third kappa shape index (κ3) is 2.52. The summed E-state index contributed by atoms with van der Waals surface area (Å²) in [6, 6.07) is 5.07. The lowest BCUT2D eigenvalue weighted by molar-refractivity contribution is -0.126. The molecule has 0 unspecified atom stereocenters. The fourth-order valence-electron chi connectivity index (χ4n) is 1.64. The Morgan fingerprint density at radius 1 is 1.41 bits per heavy atom. The summed E-state index contributed by atoms with van der Waals surface area (Å²) >= 11 is 0. The number of hydrogen-bond donors (Lipinski definition) is 2. The minimum Gasteiger partial charge on any atom is -0.506 e. The molecule has 1 aromatic heterocycles. The Hall–Kier alpha value is -2.11. The average molecular weight is 234 g/mol. The first-order valence-electron chi connectivity index (χ1n) is 5.41. The second-order valence-corrected chi connectivity index (χ2v) is 3.89. The van der Waals surface area contributed by atoms with E-state index in [0.717, 1.165) is 19.4 Å². The van der Waals surface area contributed by atoms with Gasteiger partial charge in [0.05, 0.1) is 0 Å². The number of carbonyl (C=O) groups is 1. The maximum Gasteiger partial charge on any atom is 0.222 e. The van der Waals surface area contributed by atoms with Crippen molar-refractivity contribution in [3.8, 4) is 5.75 Å². The molecule has 6 heteroatoms. The molecule has 1 aromatic carbocycles. The van der Waals surface area contributed by atoms with E-state index >= 15 is 0 Å². The summed E-state index contributed by atoms with van der Waals surface area (Å²) in [7, 11) is 1.84. The smallest absolute Gasteiger partial charge is 0.222 e. The van der Waals surface area contributed by atoms with Gasteiger partial charge in [0.25, 0.3) is 0 Å². The van der Waals surface area contributed by atoms with E-state index in [1.165, 1.54) is 0 Å². The highest BCUT2D eigenvalue weighted by molar-refractivity contribution is 5.79. The zero-order valence-corrected chi connectivity index (χ0v) is 9.55. The Labute approximate surface area is 98.2 Å². The van der Waals surface area contributed by atoms with Crippen molar-refractivity contribution in [3.05, 3.63) is 18.2 Å². The number of para-hydroxylation sites is 1. The monoisotopic (exact) mass is 234 g/mol. The molecule has 3 rings (SSSR count). The maximum atomic E-state index is 10.5. The summed E-state index contributed by atoms with van der Waals surface area (Å²) in [4.78, 5) is 12.3. The van der Waals surface area contributed by atoms with E-state index < -0.39 is 0 Å². The number of phenols is 1. The SMILES string of the molecule is CN1CCCC1=O.Oc1cccc2n[nH]nc12. The van der Waals surface area contributed by atoms with Crippen molar-refractivity contribution in [1.82, 2.24) is 20.3 Å². The van der Waals surface area contributed by atoms with Crippen molar-refractivity contribution in [1.29, 1.82) is 0 Å². The van der Waals surface area contributed by atoms with Gasteiger partial charge in [-0.3, -0.25) is 4.79 Å². The number of rotatable bonds is 0. The van der Waals surface area contributed by atoms with Crippen molar-refractivity contribution < 1.29 is 9.90 Å². The lowest BCUT2D eigenvalue weighted by Crippen LogP contribution is -2.17. The standard InChI is InChI=1S/C6H5N3O.C5H9NO/c10-5-3-1-2-4-6(5)8-9-7-4;1-6-4-2-3-5(6)7/h1-3,10H,(H,7,8,9);2-4H2,1H3. The van der Waals surface area contributed by atoms with E-state index in [-0.39, 0.29) is 5.75 Å². The van der Waals surface area contributed by atoms with Crippen LogP contribution in [0.15, 0.2) is 18.2 Å². The van der Waals surface area contributed by atoms with E-state index in [1.54, 1.807) is 23.1 Å². The van der Waals surface area contributed by atoms with Gasteiger partial charge < -0.3 is 10.0 Å². The van der Waals surface area contributed by atoms with Crippen LogP contribution in [0.3, 0.4) is 0 Å². The first-order valence-corrected chi connectivity index (χ1v) is 5.41. The van der Waals surface area contributed by atoms with Crippen molar-refractivity contribution in [2.45, 2.75) is 12.8 Å². The third-order valence-electron chi connectivity index (χ3n) is 2.64. The number of amides is 1. The van der Waals surface area contributed by atoms with Crippen LogP contribution in [0.1, 0.15) is 12.8 Å². The number of aromatic amines is 1. The maximum absolute atomic E-state index is 10.5. The molecule has 0 atom stereocenters. The predicted octanol–water partition coefficient (Wildman–Crippen LogP) is 0.902. The van der Waals surface area contributed by atoms with Crippen LogP contribution in [0.25, 0.3) is 11.0 Å². The fourth-order valence-corrected chi connectivity index (χ4v) is 1.64. The van der Waals surface area contributed by atoms with Crippen LogP contribution >= 0.6 is 0 Å². The van der Waals surface area contributed by atoms with Gasteiger partial charge in [-0.15, -0.1) is 0 Å². The molecule has 0 radical (unpaired) electrons. The van der Waals surface area contributed by atoms with Gasteiger partial charge in [-0.2, -0.15) is 15.4 Å². The molecule has 2 heterocycles. The largest absolute Gasteiger partial charge is 0.506 e. The Balaban J connectivity index is 0.000000136. The molecule has 1 fully saturated rings. The zero-order valence-electron chi connectivity index (χ0n) is 9.55. The van der Waals surface area contributed by atoms with Crippen LogP contribution in [0.5, 0.6) is 5.75 Å². The van der Waals surface area contributed by atoms with E-state index in [0.29, 0.717) is 16.9 Å². The predicted molar refractivity (Wildman–Crippen MR) is 62.4 cm³/mol. The van der Waals surface area contributed by atoms with Crippen LogP contribution in [-0.2, 0) is 4.79 Å². The van der Waals surface area contributed by atoms with Gasteiger partial charge in [-0.1, -0.05) is 6.07 Å². The molecule has 1 amide bonds. The highest BCUT2D eigenvalue weighted by Crippen LogP contribution is 2.18. The number of carbonyl (C=O) groups excluding carboxylic acids is 1. The van der Waals surface area contributed by atoms with Crippen molar-refractivity contribution >= 4 is 16.9 Å². The van der Waals surface area contributed by atoms with Crippen LogP contribution < -0.4 is 0 Å². The van der Waals surface area contributed by atoms with Crippen molar-refractivity contribution in [3.63, 3.8) is 0 Å². The molecule has 0 saturated carbocycles. The molecule has 0 aliphatic carbocycles. The second-order valence-electron chi connectivity index (χ2n) is 3.89. The number of H-pyrrole nitrogens is 1. The second kappa shape index (κ2) is 4.82. The zero-order chi connectivity index (χ0) is 12.3. The molecular formula is C11H14N4O2. The molecule has 1 aliphatic rings. The van der Waals surface area contributed by atoms with Crippen LogP contribution in [0.2, 0.25) is 0 Å². The van der Waals surface area contributed by atoms with Gasteiger partial charge in [0.2, 0.25) is 5.91 Å². The van der Waals surface area contributed by atoms with Gasteiger partial charge in [-0.25, -0.2) is 0 Å². The van der Waals surface area contributed by atoms with Gasteiger partial charge >= 0.3 is 0 Å². The number of aromatic hydroxyl groups is 1. The molecule has 2 aromatic rings. The molecule has 6 nitrogen and oxygen atoms in total. The molecule has 1 aliphatic heterocycles. The average Bonchev–Trinajstić information content (AvgIpc) is 2.91. The quantitative estimate of drug-likeness (QED) is 0.709. The topological polar surface area (TPSA) is 82.1 Å². The van der Waals surface area contributed by atoms with Gasteiger partial charge in [0.15, 0.2) is 5.52 Å². The van der Waals surface area contributed by atoms with Crippen LogP contribution in [0, 0.1) is 0 Å². The molecule has 1 saturated heterocycles. The first kappa shape index (κ1) is 11.4. The third-order valence-corrected chi connectivity index (χ3v) is 2.64. The Kier molecular flexibility index (Phi) is 3.22. The number of phenolic OH excluding ortho intramolecular Hbond substituents is 1. The van der Waals surface area contributed by atoms with Crippen molar-refractivity contribution in [2.75, 3.05) is 13.6 Å². The number of likely N-dealkylation sites (tertiary alicyclic amines) is 1. The molecule has 90 valence electrons. The summed E-state index contributed by atoms with van der Waals surface area (Å²) in [5.41, 5.74) is 1.20. The lowest BCUT2D eigenvalue weighted by Gasteiger charge is -2.03. The van der Waals surface area contributed by atoms with E-state index in [2.05, 4.69) is 15.4 Å². The summed E-state index contributed by atoms with van der Waals surface area (Å²) in [6.45, 7) is 0.957. The molecule has 0 spiro atoms. The number of aromatic nitrogens is 3. The minimum absolute atomic E-state index is 0.159. The summed E-state index contributed by atoms with van der Waals surface area (Å²) in [5, 5.41) is 19.1. The van der Waals surface area contributed by atoms with Crippen LogP contribution in [-0.4, -0.2) is 44.9 Å². The van der Waals surface area contributed by atoms with Gasteiger partial charge in [-0.05, 0) is 18.6 Å². The normalized spacial score (nSPS) is 14.9. The first-order chi connectivity index (χ1) is 8.18. The summed E-state index contributed by atoms with van der Waals surface area (Å²) in [6.07, 6.45) is 1.81. The number of nitrogens with zero attached hydrogens (tertiary/aromatic N) is 3. The summed E-state index contributed by atoms with van der Waals surface area (Å²) < 4.78 is 0. The Morgan fingerprint density at radius 2 is 2.24 bits per heavy atom. The fraction of sp³-hybridized carbons (Fsp3) is 0.364. The minimum atomic E-state index is 0.159. The van der Waals surface area contributed by atoms with Crippen LogP contribution in [0.4, 0.5) is 0 Å². The highest BCUT2D eigenvalue weighted by atomic mass is 16.3. The van der Waals surface area contributed by atoms with E-state index in [1.807, 2.05) is 7.05 Å². The molecule has 0 bridgehead atoms. The lowest BCUT2D eigenvalue weighted by atomic mass is 10.3. The Bertz CT molecular complexity index is 523.